The molecule has 0 aromatic heterocycles. The zero-order valence-corrected chi connectivity index (χ0v) is 38.2. The van der Waals surface area contributed by atoms with E-state index in [0.29, 0.717) is 6.61 Å². The summed E-state index contributed by atoms with van der Waals surface area (Å²) in [6, 6.07) is 0. The Kier molecular flexibility index (Phi) is 43.7. The zero-order chi connectivity index (χ0) is 42.5. The number of allylic oxidation sites excluding steroid dienone is 8. The predicted molar refractivity (Wildman–Crippen MR) is 242 cm³/mol. The molecule has 0 bridgehead atoms. The quantitative estimate of drug-likeness (QED) is 0.0237. The van der Waals surface area contributed by atoms with E-state index in [0.717, 1.165) is 70.6 Å². The number of phosphoric acid groups is 1. The van der Waals surface area contributed by atoms with Gasteiger partial charge in [-0.15, -0.1) is 0 Å². The minimum Gasteiger partial charge on any atom is -0.457 e. The lowest BCUT2D eigenvalue weighted by Gasteiger charge is -2.20. The lowest BCUT2D eigenvalue weighted by molar-refractivity contribution is -0.154. The first-order chi connectivity index (χ1) is 28.3. The van der Waals surface area contributed by atoms with Crippen LogP contribution >= 0.6 is 7.82 Å². The van der Waals surface area contributed by atoms with E-state index in [4.69, 9.17) is 23.6 Å². The standard InChI is InChI=1S/C48H89O9P/c1-3-5-7-9-11-13-15-17-19-20-21-22-23-24-25-26-27-28-30-32-34-36-38-40-48(51)57-47(45-56-58(52,53)55-43-46(50)42-49)44-54-41-39-37-35-33-31-29-18-16-14-12-10-8-6-4-2/h14-17,20-21,23-24,46-47,49-50H,3-13,18-19,22,25-45H2,1-2H3,(H,52,53)/b16-14-,17-15-,21-20-,24-23-. The molecule has 0 heterocycles. The topological polar surface area (TPSA) is 132 Å². The van der Waals surface area contributed by atoms with E-state index in [-0.39, 0.29) is 19.6 Å². The zero-order valence-electron chi connectivity index (χ0n) is 37.3. The molecule has 0 amide bonds. The van der Waals surface area contributed by atoms with Gasteiger partial charge in [0.25, 0.3) is 0 Å². The lowest BCUT2D eigenvalue weighted by atomic mass is 10.1. The molecule has 0 aromatic rings. The number of unbranched alkanes of at least 4 members (excludes halogenated alkanes) is 23. The van der Waals surface area contributed by atoms with Crippen LogP contribution in [0, 0.1) is 0 Å². The Balaban J connectivity index is 4.13. The summed E-state index contributed by atoms with van der Waals surface area (Å²) in [5.74, 6) is -0.392. The van der Waals surface area contributed by atoms with E-state index in [1.807, 2.05) is 0 Å². The van der Waals surface area contributed by atoms with E-state index < -0.39 is 39.2 Å². The van der Waals surface area contributed by atoms with Gasteiger partial charge in [0.15, 0.2) is 0 Å². The van der Waals surface area contributed by atoms with Crippen molar-refractivity contribution in [2.75, 3.05) is 33.0 Å². The highest BCUT2D eigenvalue weighted by Crippen LogP contribution is 2.43. The molecule has 0 spiro atoms. The molecular weight excluding hydrogens is 751 g/mol. The van der Waals surface area contributed by atoms with Crippen LogP contribution in [0.1, 0.15) is 206 Å². The van der Waals surface area contributed by atoms with E-state index in [9.17, 15) is 19.4 Å². The van der Waals surface area contributed by atoms with Crippen LogP contribution < -0.4 is 0 Å². The number of phosphoric ester groups is 1. The van der Waals surface area contributed by atoms with Crippen molar-refractivity contribution in [1.82, 2.24) is 0 Å². The average Bonchev–Trinajstić information content (AvgIpc) is 3.21. The Morgan fingerprint density at radius 2 is 0.931 bits per heavy atom. The minimum absolute atomic E-state index is 0.0415. The second-order valence-corrected chi connectivity index (χ2v) is 17.2. The second kappa shape index (κ2) is 45.0. The maximum absolute atomic E-state index is 12.6. The first-order valence-electron chi connectivity index (χ1n) is 23.6. The van der Waals surface area contributed by atoms with Gasteiger partial charge in [-0.2, -0.15) is 0 Å². The summed E-state index contributed by atoms with van der Waals surface area (Å²) < 4.78 is 33.4. The summed E-state index contributed by atoms with van der Waals surface area (Å²) in [4.78, 5) is 22.6. The fourth-order valence-corrected chi connectivity index (χ4v) is 7.15. The van der Waals surface area contributed by atoms with Gasteiger partial charge in [-0.25, -0.2) is 4.57 Å². The summed E-state index contributed by atoms with van der Waals surface area (Å²) >= 11 is 0. The number of carbonyl (C=O) groups is 1. The molecule has 0 aromatic carbocycles. The molecular formula is C48H89O9P. The van der Waals surface area contributed by atoms with Crippen LogP contribution in [0.25, 0.3) is 0 Å². The Hall–Kier alpha value is -1.58. The average molecular weight is 841 g/mol. The molecule has 3 atom stereocenters. The Morgan fingerprint density at radius 3 is 1.43 bits per heavy atom. The maximum atomic E-state index is 12.6. The molecule has 0 radical (unpaired) electrons. The highest BCUT2D eigenvalue weighted by molar-refractivity contribution is 7.47. The molecule has 0 aliphatic heterocycles. The van der Waals surface area contributed by atoms with Crippen LogP contribution in [0.3, 0.4) is 0 Å². The molecule has 0 aliphatic rings. The monoisotopic (exact) mass is 841 g/mol. The summed E-state index contributed by atoms with van der Waals surface area (Å²) in [7, 11) is -4.52. The van der Waals surface area contributed by atoms with Crippen molar-refractivity contribution < 1.29 is 43.0 Å². The molecule has 340 valence electrons. The van der Waals surface area contributed by atoms with Gasteiger partial charge in [-0.3, -0.25) is 13.8 Å². The summed E-state index contributed by atoms with van der Waals surface area (Å²) in [5, 5.41) is 18.4. The number of carbonyl (C=O) groups excluding carboxylic acids is 1. The molecule has 58 heavy (non-hydrogen) atoms. The van der Waals surface area contributed by atoms with Crippen LogP contribution in [0.2, 0.25) is 0 Å². The van der Waals surface area contributed by atoms with Gasteiger partial charge in [-0.05, 0) is 77.0 Å². The number of hydrogen-bond acceptors (Lipinski definition) is 8. The molecule has 3 N–H and O–H groups in total. The molecule has 9 nitrogen and oxygen atoms in total. The van der Waals surface area contributed by atoms with Crippen molar-refractivity contribution in [1.29, 1.82) is 0 Å². The lowest BCUT2D eigenvalue weighted by Crippen LogP contribution is -2.29. The van der Waals surface area contributed by atoms with Crippen LogP contribution in [0.4, 0.5) is 0 Å². The molecule has 3 unspecified atom stereocenters. The van der Waals surface area contributed by atoms with Crippen molar-refractivity contribution in [3.63, 3.8) is 0 Å². The van der Waals surface area contributed by atoms with Gasteiger partial charge in [0, 0.05) is 13.0 Å². The van der Waals surface area contributed by atoms with E-state index in [1.165, 1.54) is 116 Å². The van der Waals surface area contributed by atoms with Crippen molar-refractivity contribution in [2.24, 2.45) is 0 Å². The number of rotatable bonds is 45. The molecule has 0 aliphatic carbocycles. The van der Waals surface area contributed by atoms with Crippen molar-refractivity contribution in [3.8, 4) is 0 Å². The number of ether oxygens (including phenoxy) is 2. The highest BCUT2D eigenvalue weighted by atomic mass is 31.2. The normalized spacial score (nSPS) is 14.4. The number of aliphatic hydroxyl groups excluding tert-OH is 2. The second-order valence-electron chi connectivity index (χ2n) is 15.8. The van der Waals surface area contributed by atoms with Crippen LogP contribution in [-0.2, 0) is 27.9 Å². The molecule has 0 rings (SSSR count). The van der Waals surface area contributed by atoms with E-state index >= 15 is 0 Å². The fourth-order valence-electron chi connectivity index (χ4n) is 6.36. The van der Waals surface area contributed by atoms with Crippen LogP contribution in [0.5, 0.6) is 0 Å². The Morgan fingerprint density at radius 1 is 0.534 bits per heavy atom. The van der Waals surface area contributed by atoms with Crippen molar-refractivity contribution >= 4 is 13.8 Å². The number of aliphatic hydroxyl groups is 2. The van der Waals surface area contributed by atoms with E-state index in [2.05, 4.69) is 62.5 Å². The van der Waals surface area contributed by atoms with Crippen molar-refractivity contribution in [3.05, 3.63) is 48.6 Å². The summed E-state index contributed by atoms with van der Waals surface area (Å²) in [6.45, 7) is 3.48. The number of esters is 1. The predicted octanol–water partition coefficient (Wildman–Crippen LogP) is 13.4. The van der Waals surface area contributed by atoms with Crippen LogP contribution in [-0.4, -0.2) is 66.3 Å². The van der Waals surface area contributed by atoms with E-state index in [1.54, 1.807) is 0 Å². The van der Waals surface area contributed by atoms with Gasteiger partial charge in [-0.1, -0.05) is 172 Å². The molecule has 10 heteroatoms. The van der Waals surface area contributed by atoms with Gasteiger partial charge in [0.2, 0.25) is 0 Å². The van der Waals surface area contributed by atoms with Crippen LogP contribution in [0.15, 0.2) is 48.6 Å². The first kappa shape index (κ1) is 56.4. The van der Waals surface area contributed by atoms with Gasteiger partial charge in [0.05, 0.1) is 26.4 Å². The maximum Gasteiger partial charge on any atom is 0.472 e. The Labute approximate surface area is 356 Å². The first-order valence-corrected chi connectivity index (χ1v) is 25.1. The third kappa shape index (κ3) is 44.0. The summed E-state index contributed by atoms with van der Waals surface area (Å²) in [5.41, 5.74) is 0. The highest BCUT2D eigenvalue weighted by Gasteiger charge is 2.26. The third-order valence-electron chi connectivity index (χ3n) is 9.99. The summed E-state index contributed by atoms with van der Waals surface area (Å²) in [6.07, 6.45) is 50.7. The third-order valence-corrected chi connectivity index (χ3v) is 10.9. The van der Waals surface area contributed by atoms with Gasteiger partial charge < -0.3 is 24.6 Å². The number of hydrogen-bond donors (Lipinski definition) is 3. The SMILES string of the molecule is CCCCCC/C=C\CCCCCCCCOCC(COP(=O)(O)OCC(O)CO)OC(=O)CCCCCCCCCC/C=C\C/C=C\C/C=C\CCCCCCC. The minimum atomic E-state index is -4.52. The molecule has 0 saturated heterocycles. The Bertz CT molecular complexity index is 1040. The van der Waals surface area contributed by atoms with Gasteiger partial charge >= 0.3 is 13.8 Å². The fraction of sp³-hybridized carbons (Fsp3) is 0.812. The molecule has 0 fully saturated rings. The van der Waals surface area contributed by atoms with Crippen molar-refractivity contribution in [2.45, 2.75) is 219 Å². The van der Waals surface area contributed by atoms with Gasteiger partial charge in [0.1, 0.15) is 12.2 Å². The largest absolute Gasteiger partial charge is 0.472 e. The smallest absolute Gasteiger partial charge is 0.457 e. The molecule has 0 saturated carbocycles.